The Kier molecular flexibility index (Phi) is 8.31. The lowest BCUT2D eigenvalue weighted by atomic mass is 9.84. The Morgan fingerprint density at radius 1 is 1.09 bits per heavy atom. The van der Waals surface area contributed by atoms with E-state index < -0.39 is 12.2 Å². The van der Waals surface area contributed by atoms with Gasteiger partial charge in [-0.05, 0) is 17.7 Å². The molecule has 4 heteroatoms. The van der Waals surface area contributed by atoms with Crippen LogP contribution in [0.3, 0.4) is 0 Å². The van der Waals surface area contributed by atoms with Crippen LogP contribution in [0.2, 0.25) is 0 Å². The molecule has 0 saturated heterocycles. The highest BCUT2D eigenvalue weighted by Gasteiger charge is 2.29. The number of hydrogen-bond acceptors (Lipinski definition) is 4. The molecular weight excluding hydrogens is 292 g/mol. The maximum Gasteiger partial charge on any atom is 0.118 e. The molecule has 0 spiro atoms. The lowest BCUT2D eigenvalue weighted by Crippen LogP contribution is -2.38. The molecule has 0 saturated carbocycles. The largest absolute Gasteiger partial charge is 0.497 e. The van der Waals surface area contributed by atoms with Crippen molar-refractivity contribution in [2.75, 3.05) is 13.7 Å². The van der Waals surface area contributed by atoms with Gasteiger partial charge in [-0.15, -0.1) is 6.58 Å². The second kappa shape index (κ2) is 9.71. The molecule has 0 heterocycles. The third kappa shape index (κ3) is 5.98. The van der Waals surface area contributed by atoms with Crippen molar-refractivity contribution in [1.29, 1.82) is 0 Å². The van der Waals surface area contributed by atoms with Crippen molar-refractivity contribution in [3.8, 4) is 5.75 Å². The maximum absolute atomic E-state index is 10.4. The predicted molar refractivity (Wildman–Crippen MR) is 92.4 cm³/mol. The van der Waals surface area contributed by atoms with Gasteiger partial charge >= 0.3 is 0 Å². The third-order valence-corrected chi connectivity index (χ3v) is 4.38. The van der Waals surface area contributed by atoms with Crippen LogP contribution in [-0.2, 0) is 11.3 Å². The van der Waals surface area contributed by atoms with Crippen molar-refractivity contribution in [2.45, 2.75) is 39.6 Å². The number of rotatable bonds is 10. The first-order chi connectivity index (χ1) is 10.9. The Morgan fingerprint density at radius 3 is 2.22 bits per heavy atom. The number of aliphatic hydroxyl groups excluding tert-OH is 2. The van der Waals surface area contributed by atoms with E-state index in [1.54, 1.807) is 13.2 Å². The van der Waals surface area contributed by atoms with E-state index in [2.05, 4.69) is 6.58 Å². The predicted octanol–water partition coefficient (Wildman–Crippen LogP) is 3.03. The minimum absolute atomic E-state index is 0.0490. The zero-order valence-electron chi connectivity index (χ0n) is 14.6. The number of hydrogen-bond donors (Lipinski definition) is 2. The molecule has 0 aliphatic rings. The SMILES string of the molecule is C=C[C@@H](C)[C@H](O)[C@H](C)[C@H](O)[C@H](C)COCc1ccc(OC)cc1. The number of methoxy groups -OCH3 is 1. The van der Waals surface area contributed by atoms with Gasteiger partial charge in [0.25, 0.3) is 0 Å². The van der Waals surface area contributed by atoms with Crippen LogP contribution in [-0.4, -0.2) is 36.1 Å². The van der Waals surface area contributed by atoms with Gasteiger partial charge in [-0.2, -0.15) is 0 Å². The van der Waals surface area contributed by atoms with E-state index in [4.69, 9.17) is 9.47 Å². The van der Waals surface area contributed by atoms with Gasteiger partial charge in [0.15, 0.2) is 0 Å². The topological polar surface area (TPSA) is 58.9 Å². The van der Waals surface area contributed by atoms with Gasteiger partial charge in [-0.3, -0.25) is 0 Å². The van der Waals surface area contributed by atoms with Crippen LogP contribution in [0.25, 0.3) is 0 Å². The van der Waals surface area contributed by atoms with Crippen LogP contribution < -0.4 is 4.74 Å². The summed E-state index contributed by atoms with van der Waals surface area (Å²) in [5.74, 6) is 0.473. The van der Waals surface area contributed by atoms with Gasteiger partial charge in [0.05, 0.1) is 32.5 Å². The Bertz CT molecular complexity index is 457. The molecule has 0 bridgehead atoms. The zero-order valence-corrected chi connectivity index (χ0v) is 14.6. The molecule has 0 unspecified atom stereocenters. The molecule has 1 aromatic rings. The van der Waals surface area contributed by atoms with Crippen LogP contribution in [0.5, 0.6) is 5.75 Å². The smallest absolute Gasteiger partial charge is 0.118 e. The van der Waals surface area contributed by atoms with E-state index in [0.717, 1.165) is 11.3 Å². The average molecular weight is 322 g/mol. The molecule has 1 aromatic carbocycles. The lowest BCUT2D eigenvalue weighted by Gasteiger charge is -2.30. The lowest BCUT2D eigenvalue weighted by molar-refractivity contribution is -0.0434. The number of ether oxygens (including phenoxy) is 2. The zero-order chi connectivity index (χ0) is 17.4. The van der Waals surface area contributed by atoms with Crippen LogP contribution in [0, 0.1) is 17.8 Å². The summed E-state index contributed by atoms with van der Waals surface area (Å²) in [5, 5.41) is 20.6. The minimum atomic E-state index is -0.622. The van der Waals surface area contributed by atoms with Crippen molar-refractivity contribution < 1.29 is 19.7 Å². The Hall–Kier alpha value is -1.36. The number of aliphatic hydroxyl groups is 2. The van der Waals surface area contributed by atoms with Crippen molar-refractivity contribution >= 4 is 0 Å². The summed E-state index contributed by atoms with van der Waals surface area (Å²) in [5.41, 5.74) is 1.06. The van der Waals surface area contributed by atoms with Crippen LogP contribution in [0.1, 0.15) is 26.3 Å². The fraction of sp³-hybridized carbons (Fsp3) is 0.579. The van der Waals surface area contributed by atoms with Crippen molar-refractivity contribution in [3.63, 3.8) is 0 Å². The fourth-order valence-corrected chi connectivity index (χ4v) is 2.52. The normalized spacial score (nSPS) is 17.8. The highest BCUT2D eigenvalue weighted by Crippen LogP contribution is 2.22. The van der Waals surface area contributed by atoms with E-state index in [1.165, 1.54) is 0 Å². The highest BCUT2D eigenvalue weighted by atomic mass is 16.5. The summed E-state index contributed by atoms with van der Waals surface area (Å²) < 4.78 is 10.8. The molecule has 130 valence electrons. The van der Waals surface area contributed by atoms with Gasteiger partial charge in [0.1, 0.15) is 5.75 Å². The standard InChI is InChI=1S/C19H30O4/c1-6-13(2)18(20)15(4)19(21)14(3)11-23-12-16-7-9-17(22-5)10-8-16/h6-10,13-15,18-21H,1,11-12H2,2-5H3/t13-,14-,15+,18+,19-/m1/s1. The first-order valence-corrected chi connectivity index (χ1v) is 8.10. The van der Waals surface area contributed by atoms with Gasteiger partial charge in [-0.25, -0.2) is 0 Å². The van der Waals surface area contributed by atoms with Crippen LogP contribution in [0.15, 0.2) is 36.9 Å². The average Bonchev–Trinajstić information content (AvgIpc) is 2.59. The van der Waals surface area contributed by atoms with Crippen LogP contribution >= 0.6 is 0 Å². The van der Waals surface area contributed by atoms with Crippen LogP contribution in [0.4, 0.5) is 0 Å². The fourth-order valence-electron chi connectivity index (χ4n) is 2.52. The van der Waals surface area contributed by atoms with E-state index in [9.17, 15) is 10.2 Å². The first kappa shape index (κ1) is 19.7. The van der Waals surface area contributed by atoms with E-state index in [-0.39, 0.29) is 17.8 Å². The summed E-state index contributed by atoms with van der Waals surface area (Å²) in [6, 6.07) is 7.70. The second-order valence-corrected chi connectivity index (χ2v) is 6.28. The first-order valence-electron chi connectivity index (χ1n) is 8.10. The molecule has 0 amide bonds. The van der Waals surface area contributed by atoms with Crippen molar-refractivity contribution in [2.24, 2.45) is 17.8 Å². The molecule has 5 atom stereocenters. The van der Waals surface area contributed by atoms with Crippen molar-refractivity contribution in [1.82, 2.24) is 0 Å². The van der Waals surface area contributed by atoms with Gasteiger partial charge in [0.2, 0.25) is 0 Å². The monoisotopic (exact) mass is 322 g/mol. The summed E-state index contributed by atoms with van der Waals surface area (Å²) in [6.07, 6.45) is 0.480. The van der Waals surface area contributed by atoms with Gasteiger partial charge < -0.3 is 19.7 Å². The quantitative estimate of drug-likeness (QED) is 0.650. The maximum atomic E-state index is 10.4. The molecule has 0 aliphatic carbocycles. The van der Waals surface area contributed by atoms with E-state index in [1.807, 2.05) is 45.0 Å². The number of benzene rings is 1. The molecule has 0 radical (unpaired) electrons. The van der Waals surface area contributed by atoms with Gasteiger partial charge in [0, 0.05) is 17.8 Å². The summed E-state index contributed by atoms with van der Waals surface area (Å²) in [7, 11) is 1.64. The summed E-state index contributed by atoms with van der Waals surface area (Å²) in [4.78, 5) is 0. The molecule has 4 nitrogen and oxygen atoms in total. The molecule has 0 aromatic heterocycles. The molecule has 0 fully saturated rings. The highest BCUT2D eigenvalue weighted by molar-refractivity contribution is 5.26. The van der Waals surface area contributed by atoms with E-state index >= 15 is 0 Å². The molecule has 23 heavy (non-hydrogen) atoms. The minimum Gasteiger partial charge on any atom is -0.497 e. The Morgan fingerprint density at radius 2 is 1.70 bits per heavy atom. The molecular formula is C19H30O4. The third-order valence-electron chi connectivity index (χ3n) is 4.38. The summed E-state index contributed by atoms with van der Waals surface area (Å²) >= 11 is 0. The molecule has 0 aliphatic heterocycles. The molecule has 2 N–H and O–H groups in total. The van der Waals surface area contributed by atoms with Crippen molar-refractivity contribution in [3.05, 3.63) is 42.5 Å². The Labute approximate surface area is 139 Å². The molecule has 1 rings (SSSR count). The van der Waals surface area contributed by atoms with E-state index in [0.29, 0.717) is 13.2 Å². The van der Waals surface area contributed by atoms with Gasteiger partial charge in [-0.1, -0.05) is 39.0 Å². The second-order valence-electron chi connectivity index (χ2n) is 6.28. The summed E-state index contributed by atoms with van der Waals surface area (Å²) in [6.45, 7) is 10.3. The Balaban J connectivity index is 2.42.